The molecule has 2 nitrogen and oxygen atoms in total. The van der Waals surface area contributed by atoms with Crippen molar-refractivity contribution in [2.75, 3.05) is 6.54 Å². The lowest BCUT2D eigenvalue weighted by Gasteiger charge is -2.16. The van der Waals surface area contributed by atoms with E-state index in [1.54, 1.807) is 0 Å². The first-order valence-corrected chi connectivity index (χ1v) is 8.11. The van der Waals surface area contributed by atoms with E-state index in [1.807, 2.05) is 18.5 Å². The molecule has 1 aromatic heterocycles. The van der Waals surface area contributed by atoms with Gasteiger partial charge in [0.1, 0.15) is 0 Å². The molecule has 0 spiro atoms. The molecule has 2 heterocycles. The third kappa shape index (κ3) is 5.19. The summed E-state index contributed by atoms with van der Waals surface area (Å²) in [6.45, 7) is 3.13. The molecule has 0 fully saturated rings. The first-order chi connectivity index (χ1) is 10.9. The van der Waals surface area contributed by atoms with Crippen LogP contribution in [0.4, 0.5) is 0 Å². The number of rotatable bonds is 4. The number of aromatic nitrogens is 1. The van der Waals surface area contributed by atoms with Gasteiger partial charge in [-0.2, -0.15) is 0 Å². The van der Waals surface area contributed by atoms with E-state index >= 15 is 0 Å². The molecule has 1 aliphatic heterocycles. The summed E-state index contributed by atoms with van der Waals surface area (Å²) in [6, 6.07) is 13.0. The molecule has 1 aliphatic rings. The maximum absolute atomic E-state index is 4.73. The Morgan fingerprint density at radius 1 is 1.08 bits per heavy atom. The van der Waals surface area contributed by atoms with Gasteiger partial charge in [0.15, 0.2) is 0 Å². The predicted octanol–water partition coefficient (Wildman–Crippen LogP) is 5.54. The van der Waals surface area contributed by atoms with Crippen LogP contribution >= 0.6 is 24.8 Å². The topological polar surface area (TPSA) is 25.2 Å². The van der Waals surface area contributed by atoms with Crippen molar-refractivity contribution in [1.29, 1.82) is 0 Å². The van der Waals surface area contributed by atoms with E-state index in [1.165, 1.54) is 23.1 Å². The van der Waals surface area contributed by atoms with Gasteiger partial charge in [-0.1, -0.05) is 37.6 Å². The lowest BCUT2D eigenvalue weighted by atomic mass is 9.94. The summed E-state index contributed by atoms with van der Waals surface area (Å²) in [5.41, 5.74) is 6.22. The number of hydrogen-bond acceptors (Lipinski definition) is 2. The van der Waals surface area contributed by atoms with Crippen LogP contribution in [0.1, 0.15) is 42.9 Å². The number of nitrogens with zero attached hydrogens (tertiary/aromatic N) is 2. The van der Waals surface area contributed by atoms with E-state index in [0.717, 1.165) is 37.1 Å². The fourth-order valence-corrected chi connectivity index (χ4v) is 2.87. The highest BCUT2D eigenvalue weighted by molar-refractivity contribution is 6.15. The van der Waals surface area contributed by atoms with E-state index in [0.29, 0.717) is 0 Å². The highest BCUT2D eigenvalue weighted by Crippen LogP contribution is 2.22. The van der Waals surface area contributed by atoms with Gasteiger partial charge in [0.25, 0.3) is 0 Å². The Hall–Kier alpha value is -1.64. The molecule has 0 amide bonds. The van der Waals surface area contributed by atoms with Crippen molar-refractivity contribution >= 4 is 36.6 Å². The summed E-state index contributed by atoms with van der Waals surface area (Å²) in [4.78, 5) is 8.96. The minimum absolute atomic E-state index is 0. The molecular formula is C20H24Cl2N2. The smallest absolute Gasteiger partial charge is 0.0694 e. The standard InChI is InChI=1S/C20H22N2.2ClH/c1-2-5-16-8-10-17(11-9-16)14-18-6-4-13-22-20(18)19-7-3-12-21-15-19;;/h3,7-12,14-15H,2,4-6,13H2,1H3;2*1H/b18-14+;;. The average Bonchev–Trinajstić information content (AvgIpc) is 2.58. The molecule has 0 saturated heterocycles. The molecule has 1 aromatic carbocycles. The molecule has 0 atom stereocenters. The van der Waals surface area contributed by atoms with Gasteiger partial charge in [-0.3, -0.25) is 9.98 Å². The Kier molecular flexibility index (Phi) is 8.73. The summed E-state index contributed by atoms with van der Waals surface area (Å²) in [5, 5.41) is 0. The van der Waals surface area contributed by atoms with Crippen LogP contribution in [0.25, 0.3) is 6.08 Å². The number of benzene rings is 1. The van der Waals surface area contributed by atoms with Gasteiger partial charge < -0.3 is 0 Å². The average molecular weight is 363 g/mol. The fourth-order valence-electron chi connectivity index (χ4n) is 2.87. The molecule has 0 aliphatic carbocycles. The van der Waals surface area contributed by atoms with Crippen molar-refractivity contribution in [2.24, 2.45) is 4.99 Å². The zero-order valence-electron chi connectivity index (χ0n) is 13.9. The maximum atomic E-state index is 4.73. The summed E-state index contributed by atoms with van der Waals surface area (Å²) in [7, 11) is 0. The number of aliphatic imine (C=N–C) groups is 1. The van der Waals surface area contributed by atoms with E-state index in [-0.39, 0.29) is 24.8 Å². The second kappa shape index (κ2) is 10.3. The van der Waals surface area contributed by atoms with Crippen molar-refractivity contribution in [2.45, 2.75) is 32.6 Å². The third-order valence-corrected chi connectivity index (χ3v) is 3.97. The van der Waals surface area contributed by atoms with Gasteiger partial charge in [-0.15, -0.1) is 24.8 Å². The van der Waals surface area contributed by atoms with Crippen LogP contribution in [0.5, 0.6) is 0 Å². The SMILES string of the molecule is CCCc1ccc(/C=C2\CCCN=C2c2cccnc2)cc1.Cl.Cl. The summed E-state index contributed by atoms with van der Waals surface area (Å²) >= 11 is 0. The first kappa shape index (κ1) is 20.4. The van der Waals surface area contributed by atoms with Gasteiger partial charge in [0.05, 0.1) is 5.71 Å². The number of halogens is 2. The number of hydrogen-bond donors (Lipinski definition) is 0. The number of pyridine rings is 1. The van der Waals surface area contributed by atoms with Crippen LogP contribution < -0.4 is 0 Å². The van der Waals surface area contributed by atoms with Crippen molar-refractivity contribution in [3.05, 3.63) is 71.1 Å². The van der Waals surface area contributed by atoms with Crippen LogP contribution in [0.15, 0.2) is 59.4 Å². The molecule has 4 heteroatoms. The van der Waals surface area contributed by atoms with Gasteiger partial charge >= 0.3 is 0 Å². The van der Waals surface area contributed by atoms with Crippen molar-refractivity contribution in [3.63, 3.8) is 0 Å². The van der Waals surface area contributed by atoms with E-state index in [4.69, 9.17) is 4.99 Å². The molecule has 2 aromatic rings. The van der Waals surface area contributed by atoms with Crippen LogP contribution in [0.3, 0.4) is 0 Å². The van der Waals surface area contributed by atoms with Crippen molar-refractivity contribution in [3.8, 4) is 0 Å². The summed E-state index contributed by atoms with van der Waals surface area (Å²) in [6.07, 6.45) is 10.6. The summed E-state index contributed by atoms with van der Waals surface area (Å²) < 4.78 is 0. The first-order valence-electron chi connectivity index (χ1n) is 8.11. The van der Waals surface area contributed by atoms with Crippen LogP contribution in [-0.4, -0.2) is 17.2 Å². The fraction of sp³-hybridized carbons (Fsp3) is 0.300. The Morgan fingerprint density at radius 3 is 2.54 bits per heavy atom. The number of aryl methyl sites for hydroxylation is 1. The van der Waals surface area contributed by atoms with Crippen molar-refractivity contribution in [1.82, 2.24) is 4.98 Å². The number of allylic oxidation sites excluding steroid dienone is 1. The van der Waals surface area contributed by atoms with Crippen LogP contribution in [0, 0.1) is 0 Å². The second-order valence-corrected chi connectivity index (χ2v) is 5.74. The van der Waals surface area contributed by atoms with Crippen LogP contribution in [0.2, 0.25) is 0 Å². The molecule has 3 rings (SSSR count). The lowest BCUT2D eigenvalue weighted by Crippen LogP contribution is -2.11. The second-order valence-electron chi connectivity index (χ2n) is 5.74. The third-order valence-electron chi connectivity index (χ3n) is 3.97. The Balaban J connectivity index is 0.00000144. The molecule has 0 radical (unpaired) electrons. The largest absolute Gasteiger partial charge is 0.284 e. The van der Waals surface area contributed by atoms with Crippen LogP contribution in [-0.2, 0) is 6.42 Å². The highest BCUT2D eigenvalue weighted by atomic mass is 35.5. The van der Waals surface area contributed by atoms with E-state index in [9.17, 15) is 0 Å². The van der Waals surface area contributed by atoms with Gasteiger partial charge in [-0.25, -0.2) is 0 Å². The molecule has 0 N–H and O–H groups in total. The molecule has 128 valence electrons. The minimum Gasteiger partial charge on any atom is -0.284 e. The minimum atomic E-state index is 0. The molecule has 24 heavy (non-hydrogen) atoms. The molecule has 0 saturated carbocycles. The monoisotopic (exact) mass is 362 g/mol. The summed E-state index contributed by atoms with van der Waals surface area (Å²) in [5.74, 6) is 0. The Morgan fingerprint density at radius 2 is 1.88 bits per heavy atom. The predicted molar refractivity (Wildman–Crippen MR) is 108 cm³/mol. The van der Waals surface area contributed by atoms with Gasteiger partial charge in [-0.05, 0) is 54.2 Å². The molecule has 0 bridgehead atoms. The maximum Gasteiger partial charge on any atom is 0.0694 e. The Labute approximate surface area is 156 Å². The zero-order valence-corrected chi connectivity index (χ0v) is 15.6. The van der Waals surface area contributed by atoms with E-state index in [2.05, 4.69) is 48.3 Å². The zero-order chi connectivity index (χ0) is 15.2. The highest BCUT2D eigenvalue weighted by Gasteiger charge is 2.14. The van der Waals surface area contributed by atoms with Gasteiger partial charge in [0, 0.05) is 24.5 Å². The van der Waals surface area contributed by atoms with Crippen molar-refractivity contribution < 1.29 is 0 Å². The van der Waals surface area contributed by atoms with Gasteiger partial charge in [0.2, 0.25) is 0 Å². The molecule has 0 unspecified atom stereocenters. The van der Waals surface area contributed by atoms with E-state index < -0.39 is 0 Å². The Bertz CT molecular complexity index is 677. The lowest BCUT2D eigenvalue weighted by molar-refractivity contribution is 0.818. The normalized spacial score (nSPS) is 15.2. The quantitative estimate of drug-likeness (QED) is 0.700. The molecular weight excluding hydrogens is 339 g/mol.